The quantitative estimate of drug-likeness (QED) is 0.184. The Morgan fingerprint density at radius 2 is 0.953 bits per heavy atom. The Morgan fingerprint density at radius 1 is 0.326 bits per heavy atom. The zero-order valence-electron chi connectivity index (χ0n) is 23.3. The second-order valence-corrected chi connectivity index (χ2v) is 12.7. The Labute approximate surface area is 253 Å². The van der Waals surface area contributed by atoms with Crippen LogP contribution in [0.2, 0.25) is 0 Å². The third-order valence-corrected chi connectivity index (χ3v) is 10.5. The lowest BCUT2D eigenvalue weighted by molar-refractivity contribution is 1.66. The van der Waals surface area contributed by atoms with Gasteiger partial charge in [-0.2, -0.15) is 0 Å². The smallest absolute Gasteiger partial charge is 0.0361 e. The Balaban J connectivity index is 1.26. The average Bonchev–Trinajstić information content (AvgIpc) is 3.61. The van der Waals surface area contributed by atoms with Crippen LogP contribution in [0.5, 0.6) is 0 Å². The molecule has 8 aromatic carbocycles. The van der Waals surface area contributed by atoms with Crippen molar-refractivity contribution in [2.45, 2.75) is 0 Å². The van der Waals surface area contributed by atoms with Gasteiger partial charge in [-0.05, 0) is 101 Å². The van der Waals surface area contributed by atoms with Crippen LogP contribution < -0.4 is 0 Å². The van der Waals surface area contributed by atoms with Gasteiger partial charge in [0.05, 0.1) is 0 Å². The summed E-state index contributed by atoms with van der Waals surface area (Å²) < 4.78 is 2.66. The Morgan fingerprint density at radius 3 is 1.79 bits per heavy atom. The van der Waals surface area contributed by atoms with E-state index >= 15 is 0 Å². The van der Waals surface area contributed by atoms with E-state index in [1.807, 2.05) is 11.3 Å². The van der Waals surface area contributed by atoms with Gasteiger partial charge in [0.15, 0.2) is 0 Å². The van der Waals surface area contributed by atoms with Crippen LogP contribution in [0.1, 0.15) is 0 Å². The van der Waals surface area contributed by atoms with Crippen molar-refractivity contribution in [3.05, 3.63) is 146 Å². The molecule has 0 fully saturated rings. The largest absolute Gasteiger partial charge is 0.135 e. The van der Waals surface area contributed by atoms with Gasteiger partial charge in [-0.25, -0.2) is 0 Å². The zero-order chi connectivity index (χ0) is 28.1. The van der Waals surface area contributed by atoms with Crippen LogP contribution in [0.4, 0.5) is 0 Å². The molecule has 9 aromatic rings. The van der Waals surface area contributed by atoms with Crippen LogP contribution in [0.3, 0.4) is 0 Å². The normalized spacial score (nSPS) is 12.2. The Bertz CT molecular complexity index is 2610. The predicted octanol–water partition coefficient (Wildman–Crippen LogP) is 12.5. The third kappa shape index (κ3) is 3.20. The lowest BCUT2D eigenvalue weighted by Crippen LogP contribution is -1.87. The van der Waals surface area contributed by atoms with E-state index in [9.17, 15) is 0 Å². The molecule has 43 heavy (non-hydrogen) atoms. The van der Waals surface area contributed by atoms with Gasteiger partial charge < -0.3 is 0 Å². The standard InChI is InChI=1S/C42H24S/c1-2-12-28-26(9-1)23-36(30-14-4-3-13-29(28)30)27-21-22-38-37(24-27)42-34(18-8-20-39(42)43-38)33-17-7-16-32-31-15-5-10-25-11-6-19-35(40(25)31)41(32)33/h1-24H. The van der Waals surface area contributed by atoms with Crippen molar-refractivity contribution in [3.8, 4) is 44.5 Å². The lowest BCUT2D eigenvalue weighted by Gasteiger charge is -2.13. The molecule has 0 aliphatic heterocycles. The molecule has 1 aromatic heterocycles. The SMILES string of the molecule is c1cc2c(c(-c3cccc4sc5ccc(-c6cc7ccccc7c7ccccc67)cc5c34)c1)-c1cccc3cccc-2c13. The minimum absolute atomic E-state index is 1.26. The Kier molecular flexibility index (Phi) is 4.69. The highest BCUT2D eigenvalue weighted by Crippen LogP contribution is 2.52. The van der Waals surface area contributed by atoms with E-state index in [-0.39, 0.29) is 0 Å². The van der Waals surface area contributed by atoms with E-state index in [4.69, 9.17) is 0 Å². The summed E-state index contributed by atoms with van der Waals surface area (Å²) in [6.07, 6.45) is 0. The minimum atomic E-state index is 1.26. The van der Waals surface area contributed by atoms with E-state index in [2.05, 4.69) is 146 Å². The van der Waals surface area contributed by atoms with Gasteiger partial charge in [-0.3, -0.25) is 0 Å². The van der Waals surface area contributed by atoms with E-state index < -0.39 is 0 Å². The highest BCUT2D eigenvalue weighted by Gasteiger charge is 2.25. The monoisotopic (exact) mass is 560 g/mol. The maximum absolute atomic E-state index is 2.44. The fourth-order valence-electron chi connectivity index (χ4n) is 7.58. The summed E-state index contributed by atoms with van der Waals surface area (Å²) in [5.41, 5.74) is 10.6. The first-order chi connectivity index (χ1) is 21.3. The average molecular weight is 561 g/mol. The van der Waals surface area contributed by atoms with Gasteiger partial charge in [-0.1, -0.05) is 121 Å². The van der Waals surface area contributed by atoms with Crippen LogP contribution in [-0.2, 0) is 0 Å². The molecule has 0 unspecified atom stereocenters. The van der Waals surface area contributed by atoms with Crippen LogP contribution in [0.15, 0.2) is 146 Å². The molecule has 0 N–H and O–H groups in total. The molecule has 0 amide bonds. The summed E-state index contributed by atoms with van der Waals surface area (Å²) in [6, 6.07) is 54.2. The highest BCUT2D eigenvalue weighted by atomic mass is 32.1. The van der Waals surface area contributed by atoms with Crippen molar-refractivity contribution in [2.24, 2.45) is 0 Å². The lowest BCUT2D eigenvalue weighted by atomic mass is 9.90. The number of hydrogen-bond donors (Lipinski definition) is 0. The summed E-state index contributed by atoms with van der Waals surface area (Å²) in [5.74, 6) is 0. The second kappa shape index (κ2) is 8.64. The minimum Gasteiger partial charge on any atom is -0.135 e. The van der Waals surface area contributed by atoms with Crippen molar-refractivity contribution < 1.29 is 0 Å². The predicted molar refractivity (Wildman–Crippen MR) is 187 cm³/mol. The maximum atomic E-state index is 2.44. The molecule has 1 heterocycles. The first kappa shape index (κ1) is 23.3. The summed E-state index contributed by atoms with van der Waals surface area (Å²) >= 11 is 1.90. The van der Waals surface area contributed by atoms with Crippen molar-refractivity contribution in [3.63, 3.8) is 0 Å². The molecular weight excluding hydrogens is 537 g/mol. The molecule has 1 aliphatic carbocycles. The summed E-state index contributed by atoms with van der Waals surface area (Å²) in [5, 5.41) is 10.6. The Hall–Kier alpha value is -5.24. The summed E-state index contributed by atoms with van der Waals surface area (Å²) in [7, 11) is 0. The molecule has 0 spiro atoms. The van der Waals surface area contributed by atoms with Gasteiger partial charge in [0.2, 0.25) is 0 Å². The molecule has 1 aliphatic rings. The van der Waals surface area contributed by atoms with Crippen LogP contribution in [0, 0.1) is 0 Å². The second-order valence-electron chi connectivity index (χ2n) is 11.6. The molecule has 0 nitrogen and oxygen atoms in total. The topological polar surface area (TPSA) is 0 Å². The molecular formula is C42H24S. The highest BCUT2D eigenvalue weighted by molar-refractivity contribution is 7.26. The van der Waals surface area contributed by atoms with Crippen molar-refractivity contribution in [2.75, 3.05) is 0 Å². The van der Waals surface area contributed by atoms with Gasteiger partial charge in [0.1, 0.15) is 0 Å². The number of thiophene rings is 1. The molecule has 0 atom stereocenters. The number of hydrogen-bond acceptors (Lipinski definition) is 1. The van der Waals surface area contributed by atoms with Crippen LogP contribution in [-0.4, -0.2) is 0 Å². The summed E-state index contributed by atoms with van der Waals surface area (Å²) in [6.45, 7) is 0. The van der Waals surface area contributed by atoms with Crippen molar-refractivity contribution in [1.82, 2.24) is 0 Å². The molecule has 198 valence electrons. The molecule has 0 radical (unpaired) electrons. The van der Waals surface area contributed by atoms with E-state index in [0.29, 0.717) is 0 Å². The zero-order valence-corrected chi connectivity index (χ0v) is 24.1. The molecule has 0 saturated carbocycles. The van der Waals surface area contributed by atoms with Crippen LogP contribution >= 0.6 is 11.3 Å². The van der Waals surface area contributed by atoms with E-state index in [0.717, 1.165) is 0 Å². The number of benzene rings is 8. The fraction of sp³-hybridized carbons (Fsp3) is 0. The first-order valence-corrected chi connectivity index (χ1v) is 15.7. The van der Waals surface area contributed by atoms with Gasteiger partial charge in [0, 0.05) is 20.2 Å². The molecule has 0 bridgehead atoms. The number of fused-ring (bicyclic) bond motifs is 9. The van der Waals surface area contributed by atoms with Gasteiger partial charge in [0.25, 0.3) is 0 Å². The number of rotatable bonds is 2. The molecule has 10 rings (SSSR count). The van der Waals surface area contributed by atoms with Crippen molar-refractivity contribution in [1.29, 1.82) is 0 Å². The van der Waals surface area contributed by atoms with E-state index in [1.54, 1.807) is 0 Å². The first-order valence-electron chi connectivity index (χ1n) is 14.9. The maximum Gasteiger partial charge on any atom is 0.0361 e. The van der Waals surface area contributed by atoms with Crippen LogP contribution in [0.25, 0.3) is 97.0 Å². The summed E-state index contributed by atoms with van der Waals surface area (Å²) in [4.78, 5) is 0. The van der Waals surface area contributed by atoms with E-state index in [1.165, 1.54) is 97.0 Å². The molecule has 1 heteroatoms. The third-order valence-electron chi connectivity index (χ3n) is 9.39. The molecule has 0 saturated heterocycles. The van der Waals surface area contributed by atoms with Gasteiger partial charge >= 0.3 is 0 Å². The van der Waals surface area contributed by atoms with Gasteiger partial charge in [-0.15, -0.1) is 11.3 Å². The van der Waals surface area contributed by atoms with Crippen molar-refractivity contribution >= 4 is 63.8 Å². The fourth-order valence-corrected chi connectivity index (χ4v) is 8.69.